The lowest BCUT2D eigenvalue weighted by molar-refractivity contribution is -0.120. The first-order valence-electron chi connectivity index (χ1n) is 9.43. The van der Waals surface area contributed by atoms with Crippen LogP contribution in [0, 0.1) is 0 Å². The zero-order chi connectivity index (χ0) is 19.8. The number of carbonyl (C=O) groups excluding carboxylic acids is 2. The second-order valence-corrected chi connectivity index (χ2v) is 7.33. The molecule has 1 spiro atoms. The van der Waals surface area contributed by atoms with Crippen molar-refractivity contribution in [1.29, 1.82) is 0 Å². The molecule has 0 aromatic carbocycles. The molecule has 0 saturated heterocycles. The van der Waals surface area contributed by atoms with E-state index in [1.54, 1.807) is 24.7 Å². The van der Waals surface area contributed by atoms with E-state index in [-0.39, 0.29) is 11.8 Å². The Labute approximate surface area is 166 Å². The minimum absolute atomic E-state index is 0.0433. The monoisotopic (exact) mass is 386 g/mol. The van der Waals surface area contributed by atoms with E-state index in [1.807, 2.05) is 18.2 Å². The molecule has 4 heterocycles. The summed E-state index contributed by atoms with van der Waals surface area (Å²) in [4.78, 5) is 41.9. The van der Waals surface area contributed by atoms with E-state index in [0.717, 1.165) is 22.4 Å². The molecule has 0 fully saturated rings. The molecule has 144 valence electrons. The van der Waals surface area contributed by atoms with Crippen LogP contribution in [0.2, 0.25) is 0 Å². The Balaban J connectivity index is 1.32. The maximum Gasteiger partial charge on any atom is 0.269 e. The molecule has 1 unspecified atom stereocenters. The molecule has 0 radical (unpaired) electrons. The number of carbonyl (C=O) groups is 2. The van der Waals surface area contributed by atoms with Gasteiger partial charge >= 0.3 is 0 Å². The number of rotatable bonds is 4. The van der Waals surface area contributed by atoms with Gasteiger partial charge in [0.05, 0.1) is 5.41 Å². The van der Waals surface area contributed by atoms with Crippen LogP contribution in [0.3, 0.4) is 0 Å². The Hall–Kier alpha value is -3.68. The molecular weight excluding hydrogens is 368 g/mol. The van der Waals surface area contributed by atoms with Crippen molar-refractivity contribution in [3.05, 3.63) is 77.3 Å². The van der Waals surface area contributed by atoms with Gasteiger partial charge in [-0.2, -0.15) is 0 Å². The number of aromatic nitrogens is 4. The van der Waals surface area contributed by atoms with Crippen LogP contribution in [-0.2, 0) is 29.5 Å². The van der Waals surface area contributed by atoms with E-state index < -0.39 is 5.41 Å². The summed E-state index contributed by atoms with van der Waals surface area (Å²) in [6.45, 7) is 0.458. The van der Waals surface area contributed by atoms with Gasteiger partial charge in [0.15, 0.2) is 0 Å². The standard InChI is InChI=1S/C21H18N6O2/c28-19(24-7-4-15-3-6-22-12-26-15)17-8-13-9-21(10-14(13)11-25-17)16-2-1-5-23-18(16)27-20(21)29/h1-3,5-6,8,11-12H,4,7,9-10H2,(H,24,28)(H,23,27,29). The second-order valence-electron chi connectivity index (χ2n) is 7.33. The van der Waals surface area contributed by atoms with Crippen molar-refractivity contribution in [2.75, 3.05) is 11.9 Å². The summed E-state index contributed by atoms with van der Waals surface area (Å²) >= 11 is 0. The van der Waals surface area contributed by atoms with E-state index in [1.165, 1.54) is 6.33 Å². The van der Waals surface area contributed by atoms with E-state index in [2.05, 4.69) is 30.6 Å². The second kappa shape index (κ2) is 6.73. The zero-order valence-corrected chi connectivity index (χ0v) is 15.6. The first-order chi connectivity index (χ1) is 14.2. The molecule has 5 rings (SSSR count). The Kier molecular flexibility index (Phi) is 4.04. The number of pyridine rings is 2. The third-order valence-corrected chi connectivity index (χ3v) is 5.60. The molecule has 3 aromatic heterocycles. The van der Waals surface area contributed by atoms with Gasteiger partial charge in [-0.15, -0.1) is 0 Å². The summed E-state index contributed by atoms with van der Waals surface area (Å²) in [6, 6.07) is 7.41. The lowest BCUT2D eigenvalue weighted by Crippen LogP contribution is -2.35. The molecule has 1 atom stereocenters. The van der Waals surface area contributed by atoms with Crippen LogP contribution in [0.5, 0.6) is 0 Å². The van der Waals surface area contributed by atoms with Gasteiger partial charge < -0.3 is 10.6 Å². The van der Waals surface area contributed by atoms with Crippen molar-refractivity contribution >= 4 is 17.6 Å². The highest BCUT2D eigenvalue weighted by Gasteiger charge is 2.51. The fourth-order valence-corrected chi connectivity index (χ4v) is 4.14. The van der Waals surface area contributed by atoms with Crippen molar-refractivity contribution in [3.8, 4) is 0 Å². The molecule has 2 amide bonds. The highest BCUT2D eigenvalue weighted by atomic mass is 16.2. The predicted molar refractivity (Wildman–Crippen MR) is 104 cm³/mol. The summed E-state index contributed by atoms with van der Waals surface area (Å²) in [5.41, 5.74) is 3.45. The van der Waals surface area contributed by atoms with Crippen LogP contribution in [0.15, 0.2) is 49.2 Å². The molecule has 29 heavy (non-hydrogen) atoms. The van der Waals surface area contributed by atoms with Crippen LogP contribution in [0.1, 0.15) is 32.9 Å². The number of anilines is 1. The van der Waals surface area contributed by atoms with E-state index in [9.17, 15) is 9.59 Å². The molecule has 0 bridgehead atoms. The first-order valence-corrected chi connectivity index (χ1v) is 9.43. The van der Waals surface area contributed by atoms with Crippen molar-refractivity contribution in [1.82, 2.24) is 25.3 Å². The van der Waals surface area contributed by atoms with Gasteiger partial charge in [0, 0.05) is 42.8 Å². The summed E-state index contributed by atoms with van der Waals surface area (Å²) in [5.74, 6) is 0.347. The minimum atomic E-state index is -0.657. The summed E-state index contributed by atoms with van der Waals surface area (Å²) < 4.78 is 0. The van der Waals surface area contributed by atoms with Gasteiger partial charge in [0.25, 0.3) is 5.91 Å². The van der Waals surface area contributed by atoms with Crippen molar-refractivity contribution in [2.24, 2.45) is 0 Å². The molecule has 1 aliphatic carbocycles. The van der Waals surface area contributed by atoms with E-state index in [0.29, 0.717) is 37.3 Å². The Morgan fingerprint density at radius 1 is 1.14 bits per heavy atom. The number of amides is 2. The lowest BCUT2D eigenvalue weighted by Gasteiger charge is -2.20. The average molecular weight is 386 g/mol. The van der Waals surface area contributed by atoms with Crippen LogP contribution in [-0.4, -0.2) is 38.3 Å². The fraction of sp³-hybridized carbons (Fsp3) is 0.238. The van der Waals surface area contributed by atoms with Gasteiger partial charge in [0.1, 0.15) is 17.8 Å². The van der Waals surface area contributed by atoms with E-state index >= 15 is 0 Å². The smallest absolute Gasteiger partial charge is 0.269 e. The Morgan fingerprint density at radius 2 is 2.03 bits per heavy atom. The van der Waals surface area contributed by atoms with Gasteiger partial charge in [0.2, 0.25) is 5.91 Å². The molecule has 2 aliphatic rings. The van der Waals surface area contributed by atoms with E-state index in [4.69, 9.17) is 0 Å². The van der Waals surface area contributed by atoms with Crippen LogP contribution in [0.4, 0.5) is 5.82 Å². The number of hydrogen-bond acceptors (Lipinski definition) is 6. The summed E-state index contributed by atoms with van der Waals surface area (Å²) in [6.07, 6.45) is 8.27. The van der Waals surface area contributed by atoms with Gasteiger partial charge in [-0.05, 0) is 42.2 Å². The predicted octanol–water partition coefficient (Wildman–Crippen LogP) is 1.23. The summed E-state index contributed by atoms with van der Waals surface area (Å²) in [5, 5.41) is 5.76. The van der Waals surface area contributed by atoms with Crippen LogP contribution in [0.25, 0.3) is 0 Å². The molecule has 3 aromatic rings. The maximum absolute atomic E-state index is 12.8. The number of nitrogens with zero attached hydrogens (tertiary/aromatic N) is 4. The van der Waals surface area contributed by atoms with Crippen molar-refractivity contribution in [3.63, 3.8) is 0 Å². The van der Waals surface area contributed by atoms with Crippen LogP contribution < -0.4 is 10.6 Å². The third-order valence-electron chi connectivity index (χ3n) is 5.60. The normalized spacial score (nSPS) is 19.0. The van der Waals surface area contributed by atoms with Gasteiger partial charge in [-0.25, -0.2) is 15.0 Å². The first kappa shape index (κ1) is 17.4. The van der Waals surface area contributed by atoms with Crippen molar-refractivity contribution in [2.45, 2.75) is 24.7 Å². The Bertz CT molecular complexity index is 1120. The number of fused-ring (bicyclic) bond motifs is 3. The highest BCUT2D eigenvalue weighted by molar-refractivity contribution is 6.06. The number of nitrogens with one attached hydrogen (secondary N) is 2. The SMILES string of the molecule is O=C(NCCc1ccncn1)c1cc2c(cn1)CC1(C2)C(=O)Nc2ncccc21. The van der Waals surface area contributed by atoms with Crippen molar-refractivity contribution < 1.29 is 9.59 Å². The maximum atomic E-state index is 12.8. The third kappa shape index (κ3) is 2.93. The average Bonchev–Trinajstić information content (AvgIpc) is 3.26. The zero-order valence-electron chi connectivity index (χ0n) is 15.6. The molecule has 8 nitrogen and oxygen atoms in total. The Morgan fingerprint density at radius 3 is 2.90 bits per heavy atom. The molecular formula is C21H18N6O2. The largest absolute Gasteiger partial charge is 0.350 e. The molecule has 8 heteroatoms. The lowest BCUT2D eigenvalue weighted by atomic mass is 9.79. The summed E-state index contributed by atoms with van der Waals surface area (Å²) in [7, 11) is 0. The molecule has 2 N–H and O–H groups in total. The van der Waals surface area contributed by atoms with Crippen LogP contribution >= 0.6 is 0 Å². The quantitative estimate of drug-likeness (QED) is 0.698. The molecule has 0 saturated carbocycles. The topological polar surface area (TPSA) is 110 Å². The number of hydrogen-bond donors (Lipinski definition) is 2. The van der Waals surface area contributed by atoms with Gasteiger partial charge in [-0.1, -0.05) is 6.07 Å². The minimum Gasteiger partial charge on any atom is -0.350 e. The fourth-order valence-electron chi connectivity index (χ4n) is 4.14. The highest BCUT2D eigenvalue weighted by Crippen LogP contribution is 2.46. The van der Waals surface area contributed by atoms with Gasteiger partial charge in [-0.3, -0.25) is 14.6 Å². The molecule has 1 aliphatic heterocycles.